The van der Waals surface area contributed by atoms with Crippen LogP contribution in [0.25, 0.3) is 110 Å². The summed E-state index contributed by atoms with van der Waals surface area (Å²) in [4.78, 5) is 11.3. The zero-order valence-corrected chi connectivity index (χ0v) is 36.2. The average molecular weight is 797 g/mol. The van der Waals surface area contributed by atoms with Gasteiger partial charge in [-0.05, 0) is 89.0 Å². The van der Waals surface area contributed by atoms with Crippen LogP contribution in [-0.4, -0.2) is 9.97 Å². The number of benzene rings is 9. The summed E-state index contributed by atoms with van der Waals surface area (Å²) < 4.78 is 0. The minimum Gasteiger partial charge on any atom is -0.245 e. The number of hydrogen-bond donors (Lipinski definition) is 0. The number of hydrogen-bond acceptors (Lipinski definition) is 2. The third kappa shape index (κ3) is 6.32. The Morgan fingerprint density at radius 1 is 0.306 bits per heavy atom. The molecular formula is C60H48N2. The van der Waals surface area contributed by atoms with E-state index in [1.807, 2.05) is 0 Å². The molecule has 0 aliphatic heterocycles. The molecule has 0 atom stereocenters. The maximum atomic E-state index is 5.63. The molecule has 11 aromatic rings. The average Bonchev–Trinajstić information content (AvgIpc) is 3.28. The lowest BCUT2D eigenvalue weighted by Gasteiger charge is -2.20. The van der Waals surface area contributed by atoms with E-state index in [-0.39, 0.29) is 10.8 Å². The van der Waals surface area contributed by atoms with Gasteiger partial charge in [0.05, 0.1) is 22.1 Å². The predicted molar refractivity (Wildman–Crippen MR) is 266 cm³/mol. The minimum absolute atomic E-state index is 0.0719. The summed E-state index contributed by atoms with van der Waals surface area (Å²) in [5, 5.41) is 9.42. The molecule has 0 unspecified atom stereocenters. The van der Waals surface area contributed by atoms with E-state index in [4.69, 9.17) is 9.97 Å². The molecule has 0 N–H and O–H groups in total. The molecule has 0 aliphatic carbocycles. The van der Waals surface area contributed by atoms with Gasteiger partial charge in [-0.2, -0.15) is 0 Å². The van der Waals surface area contributed by atoms with Crippen molar-refractivity contribution in [1.29, 1.82) is 0 Å². The van der Waals surface area contributed by atoms with Crippen molar-refractivity contribution < 1.29 is 0 Å². The van der Waals surface area contributed by atoms with Crippen LogP contribution in [0.3, 0.4) is 0 Å². The van der Waals surface area contributed by atoms with Gasteiger partial charge in [0.25, 0.3) is 0 Å². The van der Waals surface area contributed by atoms with Crippen LogP contribution in [-0.2, 0) is 10.8 Å². The molecule has 2 heteroatoms. The fourth-order valence-electron chi connectivity index (χ4n) is 9.58. The summed E-state index contributed by atoms with van der Waals surface area (Å²) in [6, 6.07) is 66.9. The Kier molecular flexibility index (Phi) is 8.67. The highest BCUT2D eigenvalue weighted by atomic mass is 14.8. The van der Waals surface area contributed by atoms with Crippen molar-refractivity contribution in [3.63, 3.8) is 0 Å². The second kappa shape index (κ2) is 14.2. The van der Waals surface area contributed by atoms with Crippen molar-refractivity contribution in [2.45, 2.75) is 52.4 Å². The lowest BCUT2D eigenvalue weighted by Crippen LogP contribution is -2.10. The fraction of sp³-hybridized carbons (Fsp3) is 0.133. The highest BCUT2D eigenvalue weighted by Gasteiger charge is 2.21. The Morgan fingerprint density at radius 3 is 1.10 bits per heavy atom. The van der Waals surface area contributed by atoms with Crippen molar-refractivity contribution in [3.8, 4) is 44.5 Å². The largest absolute Gasteiger partial charge is 0.245 e. The summed E-state index contributed by atoms with van der Waals surface area (Å²) in [5.74, 6) is 0. The lowest BCUT2D eigenvalue weighted by molar-refractivity contribution is 0.591. The highest BCUT2D eigenvalue weighted by Crippen LogP contribution is 2.44. The van der Waals surface area contributed by atoms with Gasteiger partial charge in [0, 0.05) is 32.7 Å². The van der Waals surface area contributed by atoms with E-state index >= 15 is 0 Å². The molecule has 0 saturated heterocycles. The molecule has 11 rings (SSSR count). The molecule has 0 aliphatic rings. The monoisotopic (exact) mass is 796 g/mol. The minimum atomic E-state index is 0.0719. The van der Waals surface area contributed by atoms with Gasteiger partial charge in [-0.1, -0.05) is 211 Å². The number of aromatic nitrogens is 2. The van der Waals surface area contributed by atoms with Gasteiger partial charge in [-0.15, -0.1) is 0 Å². The zero-order valence-electron chi connectivity index (χ0n) is 36.2. The molecule has 0 fully saturated rings. The third-order valence-electron chi connectivity index (χ3n) is 12.9. The first kappa shape index (κ1) is 37.8. The molecule has 2 nitrogen and oxygen atoms in total. The second-order valence-electron chi connectivity index (χ2n) is 19.0. The molecule has 0 amide bonds. The highest BCUT2D eigenvalue weighted by molar-refractivity contribution is 6.21. The maximum absolute atomic E-state index is 5.63. The zero-order chi connectivity index (χ0) is 42.3. The molecule has 0 radical (unpaired) electrons. The standard InChI is InChI=1S/C60H48N2/c1-59(2,3)43-25-29-47-39(33-43)19-13-21-45(47)41-23-27-49-53(35-41)61-57-51(55(49)37-15-9-7-10-16-37)31-32-52-56(38-17-11-8-12-18-38)50-28-24-42(36-54(50)62-58(52)57)46-22-14-20-40-34-44(60(4,5)6)26-30-48(40)46/h7-36H,1-6H3. The van der Waals surface area contributed by atoms with Crippen LogP contribution in [0.1, 0.15) is 52.7 Å². The Labute approximate surface area is 363 Å². The maximum Gasteiger partial charge on any atom is 0.0979 e. The van der Waals surface area contributed by atoms with E-state index in [1.54, 1.807) is 0 Å². The summed E-state index contributed by atoms with van der Waals surface area (Å²) in [6.07, 6.45) is 0. The molecule has 62 heavy (non-hydrogen) atoms. The molecule has 2 aromatic heterocycles. The van der Waals surface area contributed by atoms with Crippen molar-refractivity contribution in [3.05, 3.63) is 193 Å². The first-order valence-corrected chi connectivity index (χ1v) is 21.8. The summed E-state index contributed by atoms with van der Waals surface area (Å²) >= 11 is 0. The van der Waals surface area contributed by atoms with Crippen molar-refractivity contribution >= 4 is 65.2 Å². The van der Waals surface area contributed by atoms with Gasteiger partial charge in [-0.3, -0.25) is 0 Å². The van der Waals surface area contributed by atoms with Crippen LogP contribution in [0.5, 0.6) is 0 Å². The molecular weight excluding hydrogens is 749 g/mol. The van der Waals surface area contributed by atoms with E-state index in [0.717, 1.165) is 65.9 Å². The van der Waals surface area contributed by atoms with Crippen LogP contribution < -0.4 is 0 Å². The molecule has 0 bridgehead atoms. The fourth-order valence-corrected chi connectivity index (χ4v) is 9.58. The first-order valence-electron chi connectivity index (χ1n) is 21.8. The van der Waals surface area contributed by atoms with Crippen molar-refractivity contribution in [2.24, 2.45) is 0 Å². The Hall–Kier alpha value is -7.16. The van der Waals surface area contributed by atoms with Crippen molar-refractivity contribution in [1.82, 2.24) is 9.97 Å². The molecule has 0 spiro atoms. The Bertz CT molecular complexity index is 3330. The second-order valence-corrected chi connectivity index (χ2v) is 19.0. The van der Waals surface area contributed by atoms with Crippen LogP contribution in [0, 0.1) is 0 Å². The summed E-state index contributed by atoms with van der Waals surface area (Å²) in [7, 11) is 0. The smallest absolute Gasteiger partial charge is 0.0979 e. The normalized spacial score (nSPS) is 12.4. The number of pyridine rings is 2. The predicted octanol–water partition coefficient (Wildman–Crippen LogP) is 16.7. The van der Waals surface area contributed by atoms with E-state index in [9.17, 15) is 0 Å². The van der Waals surface area contributed by atoms with Gasteiger partial charge in [0.2, 0.25) is 0 Å². The Morgan fingerprint density at radius 2 is 0.694 bits per heavy atom. The number of fused-ring (bicyclic) bond motifs is 7. The molecule has 298 valence electrons. The molecule has 9 aromatic carbocycles. The lowest BCUT2D eigenvalue weighted by atomic mass is 9.85. The van der Waals surface area contributed by atoms with Crippen molar-refractivity contribution in [2.75, 3.05) is 0 Å². The summed E-state index contributed by atoms with van der Waals surface area (Å²) in [6.45, 7) is 13.7. The van der Waals surface area contributed by atoms with E-state index < -0.39 is 0 Å². The van der Waals surface area contributed by atoms with Crippen LogP contribution in [0.4, 0.5) is 0 Å². The van der Waals surface area contributed by atoms with Crippen LogP contribution >= 0.6 is 0 Å². The molecule has 0 saturated carbocycles. The topological polar surface area (TPSA) is 25.8 Å². The third-order valence-corrected chi connectivity index (χ3v) is 12.9. The van der Waals surface area contributed by atoms with E-state index in [2.05, 4.69) is 224 Å². The van der Waals surface area contributed by atoms with Crippen LogP contribution in [0.15, 0.2) is 182 Å². The van der Waals surface area contributed by atoms with Crippen LogP contribution in [0.2, 0.25) is 0 Å². The number of rotatable bonds is 4. The first-order chi connectivity index (χ1) is 30.0. The summed E-state index contributed by atoms with van der Waals surface area (Å²) in [5.41, 5.74) is 15.9. The number of nitrogens with zero attached hydrogens (tertiary/aromatic N) is 2. The quantitative estimate of drug-likeness (QED) is 0.131. The van der Waals surface area contributed by atoms with Gasteiger partial charge in [-0.25, -0.2) is 9.97 Å². The van der Waals surface area contributed by atoms with Gasteiger partial charge < -0.3 is 0 Å². The SMILES string of the molecule is CC(C)(C)c1ccc2c(-c3ccc4c(-c5ccccc5)c5ccc6c(-c7ccccc7)c7ccc(-c8cccc9cc(C(C)(C)C)ccc89)cc7nc6c5nc4c3)cccc2c1. The van der Waals surface area contributed by atoms with E-state index in [1.165, 1.54) is 54.9 Å². The Balaban J connectivity index is 1.19. The molecule has 2 heterocycles. The van der Waals surface area contributed by atoms with Gasteiger partial charge >= 0.3 is 0 Å². The van der Waals surface area contributed by atoms with Gasteiger partial charge in [0.15, 0.2) is 0 Å². The van der Waals surface area contributed by atoms with Gasteiger partial charge in [0.1, 0.15) is 0 Å². The van der Waals surface area contributed by atoms with E-state index in [0.29, 0.717) is 0 Å².